The molecule has 0 bridgehead atoms. The van der Waals surface area contributed by atoms with Crippen molar-refractivity contribution < 1.29 is 12.8 Å². The van der Waals surface area contributed by atoms with Gasteiger partial charge in [-0.15, -0.1) is 0 Å². The molecular formula is C13H21FN4O2S. The van der Waals surface area contributed by atoms with Gasteiger partial charge in [-0.3, -0.25) is 4.99 Å². The minimum Gasteiger partial charge on any atom is -0.356 e. The van der Waals surface area contributed by atoms with Crippen molar-refractivity contribution in [2.45, 2.75) is 13.0 Å². The topological polar surface area (TPSA) is 82.6 Å². The molecule has 0 saturated carbocycles. The molecule has 0 heterocycles. The van der Waals surface area contributed by atoms with Crippen molar-refractivity contribution in [3.63, 3.8) is 0 Å². The highest BCUT2D eigenvalue weighted by Crippen LogP contribution is 2.02. The van der Waals surface area contributed by atoms with E-state index in [0.29, 0.717) is 32.0 Å². The molecule has 0 unspecified atom stereocenters. The number of hydrogen-bond acceptors (Lipinski definition) is 3. The lowest BCUT2D eigenvalue weighted by Gasteiger charge is -2.12. The Morgan fingerprint density at radius 1 is 1.29 bits per heavy atom. The van der Waals surface area contributed by atoms with E-state index < -0.39 is 10.0 Å². The van der Waals surface area contributed by atoms with Crippen LogP contribution in [0.2, 0.25) is 0 Å². The smallest absolute Gasteiger partial charge is 0.208 e. The zero-order chi connectivity index (χ0) is 15.7. The molecule has 0 atom stereocenters. The Kier molecular flexibility index (Phi) is 7.10. The van der Waals surface area contributed by atoms with Gasteiger partial charge in [-0.25, -0.2) is 17.5 Å². The summed E-state index contributed by atoms with van der Waals surface area (Å²) >= 11 is 0. The number of halogens is 1. The molecule has 8 heteroatoms. The van der Waals surface area contributed by atoms with Gasteiger partial charge in [-0.2, -0.15) is 0 Å². The van der Waals surface area contributed by atoms with Crippen LogP contribution >= 0.6 is 0 Å². The Hall–Kier alpha value is -1.67. The number of nitrogens with one attached hydrogen (secondary N) is 3. The van der Waals surface area contributed by atoms with Crippen LogP contribution in [0.1, 0.15) is 12.0 Å². The first-order valence-corrected chi connectivity index (χ1v) is 8.43. The number of hydrogen-bond donors (Lipinski definition) is 3. The predicted octanol–water partition coefficient (Wildman–Crippen LogP) is 0.430. The summed E-state index contributed by atoms with van der Waals surface area (Å²) in [5, 5.41) is 6.10. The maximum Gasteiger partial charge on any atom is 0.208 e. The molecule has 0 amide bonds. The van der Waals surface area contributed by atoms with Crippen LogP contribution in [0.4, 0.5) is 4.39 Å². The fraction of sp³-hybridized carbons (Fsp3) is 0.462. The summed E-state index contributed by atoms with van der Waals surface area (Å²) in [6.45, 7) is 1.40. The van der Waals surface area contributed by atoms with Crippen LogP contribution in [0.5, 0.6) is 0 Å². The molecule has 1 aromatic rings. The summed E-state index contributed by atoms with van der Waals surface area (Å²) in [6, 6.07) is 6.32. The molecule has 0 aliphatic heterocycles. The second kappa shape index (κ2) is 8.58. The quantitative estimate of drug-likeness (QED) is 0.387. The van der Waals surface area contributed by atoms with Crippen LogP contribution in [0.3, 0.4) is 0 Å². The second-order valence-electron chi connectivity index (χ2n) is 4.50. The van der Waals surface area contributed by atoms with Crippen molar-refractivity contribution in [2.24, 2.45) is 4.99 Å². The Labute approximate surface area is 124 Å². The molecule has 0 saturated heterocycles. The standard InChI is InChI=1S/C13H21FN4O2S/c1-15-13(16-7-4-8-18-21(2,19)20)17-10-11-5-3-6-12(14)9-11/h3,5-6,9,18H,4,7-8,10H2,1-2H3,(H2,15,16,17). The van der Waals surface area contributed by atoms with Crippen LogP contribution in [-0.4, -0.2) is 40.8 Å². The van der Waals surface area contributed by atoms with E-state index in [1.165, 1.54) is 12.1 Å². The molecule has 6 nitrogen and oxygen atoms in total. The van der Waals surface area contributed by atoms with Crippen LogP contribution in [-0.2, 0) is 16.6 Å². The van der Waals surface area contributed by atoms with Crippen molar-refractivity contribution in [2.75, 3.05) is 26.4 Å². The number of rotatable bonds is 7. The number of sulfonamides is 1. The molecule has 0 fully saturated rings. The molecule has 0 radical (unpaired) electrons. The average molecular weight is 316 g/mol. The summed E-state index contributed by atoms with van der Waals surface area (Å²) in [6.07, 6.45) is 1.76. The van der Waals surface area contributed by atoms with Gasteiger partial charge in [0.25, 0.3) is 0 Å². The van der Waals surface area contributed by atoms with Crippen LogP contribution in [0.15, 0.2) is 29.3 Å². The van der Waals surface area contributed by atoms with Gasteiger partial charge in [0.2, 0.25) is 10.0 Å². The third kappa shape index (κ3) is 8.26. The van der Waals surface area contributed by atoms with Crippen LogP contribution in [0, 0.1) is 5.82 Å². The monoisotopic (exact) mass is 316 g/mol. The minimum absolute atomic E-state index is 0.274. The summed E-state index contributed by atoms with van der Waals surface area (Å²) < 4.78 is 37.2. The summed E-state index contributed by atoms with van der Waals surface area (Å²) in [5.41, 5.74) is 0.816. The molecule has 21 heavy (non-hydrogen) atoms. The van der Waals surface area contributed by atoms with Crippen molar-refractivity contribution in [3.8, 4) is 0 Å². The number of guanidine groups is 1. The lowest BCUT2D eigenvalue weighted by Crippen LogP contribution is -2.38. The molecule has 0 aliphatic rings. The van der Waals surface area contributed by atoms with E-state index in [4.69, 9.17) is 0 Å². The van der Waals surface area contributed by atoms with Crippen LogP contribution in [0.25, 0.3) is 0 Å². The molecule has 3 N–H and O–H groups in total. The molecule has 1 aromatic carbocycles. The highest BCUT2D eigenvalue weighted by molar-refractivity contribution is 7.88. The molecule has 118 valence electrons. The van der Waals surface area contributed by atoms with Gasteiger partial charge in [0.1, 0.15) is 5.82 Å². The Morgan fingerprint density at radius 2 is 2.05 bits per heavy atom. The number of nitrogens with zero attached hydrogens (tertiary/aromatic N) is 1. The molecule has 0 aliphatic carbocycles. The SMILES string of the molecule is CN=C(NCCCNS(C)(=O)=O)NCc1cccc(F)c1. The zero-order valence-electron chi connectivity index (χ0n) is 12.2. The third-order valence-electron chi connectivity index (χ3n) is 2.58. The average Bonchev–Trinajstić information content (AvgIpc) is 2.40. The molecule has 0 spiro atoms. The van der Waals surface area contributed by atoms with E-state index in [2.05, 4.69) is 20.3 Å². The van der Waals surface area contributed by atoms with Crippen molar-refractivity contribution in [3.05, 3.63) is 35.6 Å². The van der Waals surface area contributed by atoms with Gasteiger partial charge < -0.3 is 10.6 Å². The first-order chi connectivity index (χ1) is 9.90. The van der Waals surface area contributed by atoms with Gasteiger partial charge in [0.05, 0.1) is 6.26 Å². The van der Waals surface area contributed by atoms with E-state index >= 15 is 0 Å². The zero-order valence-corrected chi connectivity index (χ0v) is 13.0. The van der Waals surface area contributed by atoms with Crippen molar-refractivity contribution in [1.29, 1.82) is 0 Å². The van der Waals surface area contributed by atoms with Gasteiger partial charge >= 0.3 is 0 Å². The van der Waals surface area contributed by atoms with E-state index in [1.807, 2.05) is 6.07 Å². The third-order valence-corrected chi connectivity index (χ3v) is 3.31. The first-order valence-electron chi connectivity index (χ1n) is 6.54. The Balaban J connectivity index is 2.26. The van der Waals surface area contributed by atoms with E-state index in [0.717, 1.165) is 11.8 Å². The Bertz CT molecular complexity index is 575. The fourth-order valence-electron chi connectivity index (χ4n) is 1.61. The maximum atomic E-state index is 13.0. The summed E-state index contributed by atoms with van der Waals surface area (Å²) in [7, 11) is -1.51. The van der Waals surface area contributed by atoms with E-state index in [1.54, 1.807) is 13.1 Å². The number of aliphatic imine (C=N–C) groups is 1. The predicted molar refractivity (Wildman–Crippen MR) is 82.1 cm³/mol. The molecular weight excluding hydrogens is 295 g/mol. The second-order valence-corrected chi connectivity index (χ2v) is 6.34. The minimum atomic E-state index is -3.14. The van der Waals surface area contributed by atoms with Gasteiger partial charge in [-0.1, -0.05) is 12.1 Å². The Morgan fingerprint density at radius 3 is 2.67 bits per heavy atom. The lowest BCUT2D eigenvalue weighted by atomic mass is 10.2. The molecule has 1 rings (SSSR count). The van der Waals surface area contributed by atoms with Gasteiger partial charge in [0.15, 0.2) is 5.96 Å². The number of benzene rings is 1. The maximum absolute atomic E-state index is 13.0. The first kappa shape index (κ1) is 17.4. The van der Waals surface area contributed by atoms with Gasteiger partial charge in [0, 0.05) is 26.7 Å². The summed E-state index contributed by atoms with van der Waals surface area (Å²) in [5.74, 6) is 0.308. The largest absolute Gasteiger partial charge is 0.356 e. The fourth-order valence-corrected chi connectivity index (χ4v) is 2.12. The highest BCUT2D eigenvalue weighted by atomic mass is 32.2. The summed E-state index contributed by atoms with van der Waals surface area (Å²) in [4.78, 5) is 4.03. The molecule has 0 aromatic heterocycles. The van der Waals surface area contributed by atoms with Crippen LogP contribution < -0.4 is 15.4 Å². The lowest BCUT2D eigenvalue weighted by molar-refractivity contribution is 0.584. The van der Waals surface area contributed by atoms with Crippen molar-refractivity contribution >= 4 is 16.0 Å². The van der Waals surface area contributed by atoms with Gasteiger partial charge in [-0.05, 0) is 24.1 Å². The highest BCUT2D eigenvalue weighted by Gasteiger charge is 2.01. The van der Waals surface area contributed by atoms with E-state index in [-0.39, 0.29) is 5.82 Å². The van der Waals surface area contributed by atoms with E-state index in [9.17, 15) is 12.8 Å². The van der Waals surface area contributed by atoms with Crippen molar-refractivity contribution in [1.82, 2.24) is 15.4 Å². The normalized spacial score (nSPS) is 12.2.